The minimum absolute atomic E-state index is 0.00490. The molecule has 1 aromatic rings. The van der Waals surface area contributed by atoms with E-state index in [9.17, 15) is 4.79 Å². The quantitative estimate of drug-likeness (QED) is 0.728. The van der Waals surface area contributed by atoms with Crippen molar-refractivity contribution >= 4 is 5.91 Å². The molecule has 1 aromatic carbocycles. The number of carbonyl (C=O) groups excluding carboxylic acids is 1. The number of amides is 1. The van der Waals surface area contributed by atoms with Crippen molar-refractivity contribution in [3.63, 3.8) is 0 Å². The number of nitrogens with two attached hydrogens (primary N) is 1. The van der Waals surface area contributed by atoms with Crippen LogP contribution in [0.1, 0.15) is 22.3 Å². The molecule has 0 aliphatic heterocycles. The highest BCUT2D eigenvalue weighted by Crippen LogP contribution is 2.16. The van der Waals surface area contributed by atoms with Gasteiger partial charge < -0.3 is 15.6 Å². The van der Waals surface area contributed by atoms with Crippen LogP contribution in [-0.4, -0.2) is 24.7 Å². The smallest absolute Gasteiger partial charge is 0.250 e. The highest BCUT2D eigenvalue weighted by molar-refractivity contribution is 5.95. The Labute approximate surface area is 94.0 Å². The van der Waals surface area contributed by atoms with Crippen molar-refractivity contribution in [1.82, 2.24) is 0 Å². The number of ether oxygens (including phenoxy) is 1. The lowest BCUT2D eigenvalue weighted by Gasteiger charge is -2.03. The van der Waals surface area contributed by atoms with Gasteiger partial charge in [-0.2, -0.15) is 0 Å². The summed E-state index contributed by atoms with van der Waals surface area (Å²) in [4.78, 5) is 11.2. The predicted molar refractivity (Wildman–Crippen MR) is 60.1 cm³/mol. The first-order chi connectivity index (χ1) is 7.69. The highest BCUT2D eigenvalue weighted by Gasteiger charge is 2.07. The number of aliphatic hydroxyl groups is 1. The number of aliphatic hydroxyl groups excluding tert-OH is 1. The van der Waals surface area contributed by atoms with E-state index in [0.717, 1.165) is 0 Å². The van der Waals surface area contributed by atoms with Gasteiger partial charge in [-0.15, -0.1) is 0 Å². The van der Waals surface area contributed by atoms with Crippen LogP contribution in [0.4, 0.5) is 0 Å². The van der Waals surface area contributed by atoms with Crippen molar-refractivity contribution in [2.75, 3.05) is 13.7 Å². The topological polar surface area (TPSA) is 72.6 Å². The number of carbonyl (C=O) groups is 1. The number of hydrogen-bond acceptors (Lipinski definition) is 3. The first-order valence-corrected chi connectivity index (χ1v) is 4.76. The van der Waals surface area contributed by atoms with E-state index in [1.807, 2.05) is 0 Å². The summed E-state index contributed by atoms with van der Waals surface area (Å²) < 4.78 is 4.99. The second kappa shape index (κ2) is 5.79. The first-order valence-electron chi connectivity index (χ1n) is 4.76. The average molecular weight is 219 g/mol. The lowest BCUT2D eigenvalue weighted by Crippen LogP contribution is -2.13. The summed E-state index contributed by atoms with van der Waals surface area (Å²) in [6.45, 7) is -0.00490. The van der Waals surface area contributed by atoms with Crippen molar-refractivity contribution in [3.8, 4) is 17.6 Å². The van der Waals surface area contributed by atoms with E-state index in [1.54, 1.807) is 18.2 Å². The average Bonchev–Trinajstić information content (AvgIpc) is 2.29. The third kappa shape index (κ3) is 3.01. The fourth-order valence-corrected chi connectivity index (χ4v) is 1.18. The summed E-state index contributed by atoms with van der Waals surface area (Å²) in [5.74, 6) is 5.52. The normalized spacial score (nSPS) is 9.12. The maximum Gasteiger partial charge on any atom is 0.250 e. The number of primary amides is 1. The molecule has 16 heavy (non-hydrogen) atoms. The minimum Gasteiger partial charge on any atom is -0.497 e. The molecule has 0 heterocycles. The summed E-state index contributed by atoms with van der Waals surface area (Å²) in [5.41, 5.74) is 6.10. The van der Waals surface area contributed by atoms with E-state index < -0.39 is 5.91 Å². The van der Waals surface area contributed by atoms with E-state index >= 15 is 0 Å². The Morgan fingerprint density at radius 2 is 2.31 bits per heavy atom. The van der Waals surface area contributed by atoms with Crippen molar-refractivity contribution < 1.29 is 14.6 Å². The molecular formula is C12H13NO3. The Kier molecular flexibility index (Phi) is 4.37. The van der Waals surface area contributed by atoms with E-state index in [1.165, 1.54) is 7.11 Å². The molecule has 0 radical (unpaired) electrons. The van der Waals surface area contributed by atoms with Crippen LogP contribution in [0.2, 0.25) is 0 Å². The van der Waals surface area contributed by atoms with Crippen LogP contribution in [0.15, 0.2) is 18.2 Å². The molecule has 1 amide bonds. The van der Waals surface area contributed by atoms with Gasteiger partial charge in [0, 0.05) is 12.0 Å². The lowest BCUT2D eigenvalue weighted by atomic mass is 10.1. The Hall–Kier alpha value is -1.99. The molecular weight excluding hydrogens is 206 g/mol. The molecule has 0 aromatic heterocycles. The maximum atomic E-state index is 11.2. The summed E-state index contributed by atoms with van der Waals surface area (Å²) in [6, 6.07) is 4.92. The second-order valence-corrected chi connectivity index (χ2v) is 3.05. The van der Waals surface area contributed by atoms with Gasteiger partial charge in [0.25, 0.3) is 0 Å². The minimum atomic E-state index is -0.549. The Morgan fingerprint density at radius 1 is 1.56 bits per heavy atom. The standard InChI is InChI=1S/C12H13NO3/c1-16-10-6-5-9(4-2-3-7-14)11(8-10)12(13)15/h5-6,8,14H,3,7H2,1H3,(H2,13,15). The van der Waals surface area contributed by atoms with Crippen LogP contribution in [0.5, 0.6) is 5.75 Å². The van der Waals surface area contributed by atoms with Crippen LogP contribution in [0, 0.1) is 11.8 Å². The zero-order chi connectivity index (χ0) is 12.0. The molecule has 0 bridgehead atoms. The van der Waals surface area contributed by atoms with Crippen LogP contribution in [-0.2, 0) is 0 Å². The molecule has 0 unspecified atom stereocenters. The zero-order valence-corrected chi connectivity index (χ0v) is 8.99. The van der Waals surface area contributed by atoms with Crippen molar-refractivity contribution in [3.05, 3.63) is 29.3 Å². The van der Waals surface area contributed by atoms with E-state index in [0.29, 0.717) is 23.3 Å². The molecule has 84 valence electrons. The number of methoxy groups -OCH3 is 1. The van der Waals surface area contributed by atoms with E-state index in [-0.39, 0.29) is 6.61 Å². The zero-order valence-electron chi connectivity index (χ0n) is 8.99. The number of rotatable bonds is 3. The molecule has 0 aliphatic carbocycles. The van der Waals surface area contributed by atoms with Crippen LogP contribution < -0.4 is 10.5 Å². The second-order valence-electron chi connectivity index (χ2n) is 3.05. The third-order valence-corrected chi connectivity index (χ3v) is 1.95. The fourth-order valence-electron chi connectivity index (χ4n) is 1.18. The molecule has 0 atom stereocenters. The molecule has 1 rings (SSSR count). The van der Waals surface area contributed by atoms with Crippen LogP contribution in [0.3, 0.4) is 0 Å². The maximum absolute atomic E-state index is 11.2. The van der Waals surface area contributed by atoms with Gasteiger partial charge in [-0.3, -0.25) is 4.79 Å². The molecule has 0 spiro atoms. The van der Waals surface area contributed by atoms with Gasteiger partial charge in [0.2, 0.25) is 5.91 Å². The monoisotopic (exact) mass is 219 g/mol. The Balaban J connectivity index is 3.09. The molecule has 0 fully saturated rings. The van der Waals surface area contributed by atoms with Gasteiger partial charge in [-0.05, 0) is 18.2 Å². The molecule has 4 nitrogen and oxygen atoms in total. The summed E-state index contributed by atoms with van der Waals surface area (Å²) >= 11 is 0. The van der Waals surface area contributed by atoms with Crippen LogP contribution in [0.25, 0.3) is 0 Å². The largest absolute Gasteiger partial charge is 0.497 e. The van der Waals surface area contributed by atoms with E-state index in [4.69, 9.17) is 15.6 Å². The molecule has 0 aliphatic rings. The molecule has 3 N–H and O–H groups in total. The lowest BCUT2D eigenvalue weighted by molar-refractivity contribution is 0.0999. The fraction of sp³-hybridized carbons (Fsp3) is 0.250. The first kappa shape index (κ1) is 12.1. The Morgan fingerprint density at radius 3 is 2.88 bits per heavy atom. The molecule has 0 saturated carbocycles. The van der Waals surface area contributed by atoms with Crippen molar-refractivity contribution in [2.45, 2.75) is 6.42 Å². The number of benzene rings is 1. The summed E-state index contributed by atoms with van der Waals surface area (Å²) in [6.07, 6.45) is 0.365. The van der Waals surface area contributed by atoms with Gasteiger partial charge >= 0.3 is 0 Å². The van der Waals surface area contributed by atoms with E-state index in [2.05, 4.69) is 11.8 Å². The van der Waals surface area contributed by atoms with Gasteiger partial charge in [0.05, 0.1) is 19.3 Å². The summed E-state index contributed by atoms with van der Waals surface area (Å²) in [5, 5.41) is 8.59. The SMILES string of the molecule is COc1ccc(C#CCCO)c(C(N)=O)c1. The van der Waals surface area contributed by atoms with Gasteiger partial charge in [0.15, 0.2) is 0 Å². The summed E-state index contributed by atoms with van der Waals surface area (Å²) in [7, 11) is 1.51. The van der Waals surface area contributed by atoms with Crippen molar-refractivity contribution in [1.29, 1.82) is 0 Å². The number of hydrogen-bond donors (Lipinski definition) is 2. The predicted octanol–water partition coefficient (Wildman–Crippen LogP) is 0.528. The van der Waals surface area contributed by atoms with Gasteiger partial charge in [0.1, 0.15) is 5.75 Å². The molecule has 4 heteroatoms. The third-order valence-electron chi connectivity index (χ3n) is 1.95. The highest BCUT2D eigenvalue weighted by atomic mass is 16.5. The Bertz CT molecular complexity index is 443. The van der Waals surface area contributed by atoms with Gasteiger partial charge in [-0.1, -0.05) is 11.8 Å². The van der Waals surface area contributed by atoms with Crippen LogP contribution >= 0.6 is 0 Å². The van der Waals surface area contributed by atoms with Crippen molar-refractivity contribution in [2.24, 2.45) is 5.73 Å². The van der Waals surface area contributed by atoms with Gasteiger partial charge in [-0.25, -0.2) is 0 Å². The molecule has 0 saturated heterocycles.